The van der Waals surface area contributed by atoms with Gasteiger partial charge in [-0.15, -0.1) is 0 Å². The molecule has 0 saturated heterocycles. The predicted molar refractivity (Wildman–Crippen MR) is 92.2 cm³/mol. The van der Waals surface area contributed by atoms with Gasteiger partial charge in [0.05, 0.1) is 18.4 Å². The van der Waals surface area contributed by atoms with E-state index in [4.69, 9.17) is 4.74 Å². The molecule has 2 N–H and O–H groups in total. The van der Waals surface area contributed by atoms with Gasteiger partial charge in [-0.1, -0.05) is 18.2 Å². The van der Waals surface area contributed by atoms with E-state index in [0.29, 0.717) is 23.4 Å². The van der Waals surface area contributed by atoms with E-state index in [1.807, 2.05) is 42.5 Å². The van der Waals surface area contributed by atoms with E-state index >= 15 is 0 Å². The molecule has 7 heteroatoms. The summed E-state index contributed by atoms with van der Waals surface area (Å²) in [6.07, 6.45) is 2.02. The highest BCUT2D eigenvalue weighted by molar-refractivity contribution is 6.00. The lowest BCUT2D eigenvalue weighted by atomic mass is 10.1. The molecular weight excluding hydrogens is 320 g/mol. The number of amides is 2. The summed E-state index contributed by atoms with van der Waals surface area (Å²) < 4.78 is 6.78. The van der Waals surface area contributed by atoms with Crippen LogP contribution in [0.5, 0.6) is 5.75 Å². The Morgan fingerprint density at radius 1 is 1.12 bits per heavy atom. The SMILES string of the molecule is COc1ccc(-c2nn(-c3ccccc3)cc2C(=O)NNC=O)cc1. The molecular formula is C18H16N4O3. The third kappa shape index (κ3) is 3.50. The number of carbonyl (C=O) groups is 2. The fraction of sp³-hybridized carbons (Fsp3) is 0.0556. The number of nitrogens with one attached hydrogen (secondary N) is 2. The Morgan fingerprint density at radius 3 is 2.48 bits per heavy atom. The van der Waals surface area contributed by atoms with E-state index in [2.05, 4.69) is 16.0 Å². The van der Waals surface area contributed by atoms with Crippen molar-refractivity contribution in [3.05, 3.63) is 66.4 Å². The van der Waals surface area contributed by atoms with Gasteiger partial charge >= 0.3 is 0 Å². The van der Waals surface area contributed by atoms with Crippen LogP contribution in [-0.2, 0) is 4.79 Å². The van der Waals surface area contributed by atoms with Gasteiger partial charge in [-0.05, 0) is 36.4 Å². The summed E-state index contributed by atoms with van der Waals surface area (Å²) in [7, 11) is 1.59. The maximum atomic E-state index is 12.4. The average molecular weight is 336 g/mol. The third-order valence-electron chi connectivity index (χ3n) is 3.59. The Morgan fingerprint density at radius 2 is 1.84 bits per heavy atom. The number of aromatic nitrogens is 2. The standard InChI is InChI=1S/C18H16N4O3/c1-25-15-9-7-13(8-10-15)17-16(18(24)20-19-12-23)11-22(21-17)14-5-3-2-4-6-14/h2-12H,1H3,(H,19,23)(H,20,24). The van der Waals surface area contributed by atoms with Gasteiger partial charge in [0.15, 0.2) is 0 Å². The van der Waals surface area contributed by atoms with Crippen LogP contribution >= 0.6 is 0 Å². The lowest BCUT2D eigenvalue weighted by molar-refractivity contribution is -0.110. The van der Waals surface area contributed by atoms with Gasteiger partial charge in [0.2, 0.25) is 6.41 Å². The molecule has 0 spiro atoms. The van der Waals surface area contributed by atoms with Gasteiger partial charge in [0, 0.05) is 11.8 Å². The fourth-order valence-electron chi connectivity index (χ4n) is 2.38. The van der Waals surface area contributed by atoms with Gasteiger partial charge in [0.25, 0.3) is 5.91 Å². The summed E-state index contributed by atoms with van der Waals surface area (Å²) in [4.78, 5) is 22.8. The molecule has 0 fully saturated rings. The van der Waals surface area contributed by atoms with Crippen molar-refractivity contribution in [1.29, 1.82) is 0 Å². The Bertz CT molecular complexity index is 873. The van der Waals surface area contributed by atoms with E-state index in [-0.39, 0.29) is 0 Å². The van der Waals surface area contributed by atoms with Crippen LogP contribution in [0.15, 0.2) is 60.8 Å². The molecule has 0 saturated carbocycles. The van der Waals surface area contributed by atoms with Gasteiger partial charge in [-0.25, -0.2) is 4.68 Å². The maximum Gasteiger partial charge on any atom is 0.273 e. The van der Waals surface area contributed by atoms with Crippen molar-refractivity contribution in [1.82, 2.24) is 20.6 Å². The van der Waals surface area contributed by atoms with Gasteiger partial charge in [-0.3, -0.25) is 20.4 Å². The quantitative estimate of drug-likeness (QED) is 0.532. The minimum Gasteiger partial charge on any atom is -0.497 e. The highest BCUT2D eigenvalue weighted by Gasteiger charge is 2.18. The molecule has 0 aliphatic carbocycles. The Labute approximate surface area is 144 Å². The zero-order chi connectivity index (χ0) is 17.6. The van der Waals surface area contributed by atoms with Crippen LogP contribution in [0.4, 0.5) is 0 Å². The van der Waals surface area contributed by atoms with E-state index in [1.54, 1.807) is 30.1 Å². The number of nitrogens with zero attached hydrogens (tertiary/aromatic N) is 2. The number of methoxy groups -OCH3 is 1. The molecule has 126 valence electrons. The topological polar surface area (TPSA) is 85.2 Å². The molecule has 1 heterocycles. The molecule has 1 aromatic heterocycles. The average Bonchev–Trinajstić information content (AvgIpc) is 3.12. The molecule has 0 radical (unpaired) electrons. The van der Waals surface area contributed by atoms with Gasteiger partial charge < -0.3 is 4.74 Å². The fourth-order valence-corrected chi connectivity index (χ4v) is 2.38. The number of carbonyl (C=O) groups excluding carboxylic acids is 2. The summed E-state index contributed by atoms with van der Waals surface area (Å²) in [6, 6.07) is 16.7. The summed E-state index contributed by atoms with van der Waals surface area (Å²) in [5, 5.41) is 4.53. The first-order valence-electron chi connectivity index (χ1n) is 7.52. The summed E-state index contributed by atoms with van der Waals surface area (Å²) in [5.41, 5.74) is 6.88. The summed E-state index contributed by atoms with van der Waals surface area (Å²) >= 11 is 0. The van der Waals surface area contributed by atoms with E-state index in [9.17, 15) is 9.59 Å². The molecule has 7 nitrogen and oxygen atoms in total. The monoisotopic (exact) mass is 336 g/mol. The number of hydrogen-bond donors (Lipinski definition) is 2. The maximum absolute atomic E-state index is 12.4. The Balaban J connectivity index is 2.05. The first kappa shape index (κ1) is 16.3. The molecule has 0 atom stereocenters. The number of ether oxygens (including phenoxy) is 1. The van der Waals surface area contributed by atoms with Crippen molar-refractivity contribution in [2.75, 3.05) is 7.11 Å². The smallest absolute Gasteiger partial charge is 0.273 e. The zero-order valence-electron chi connectivity index (χ0n) is 13.5. The number of rotatable bonds is 6. The zero-order valence-corrected chi connectivity index (χ0v) is 13.5. The second-order valence-electron chi connectivity index (χ2n) is 5.12. The van der Waals surface area contributed by atoms with E-state index in [1.165, 1.54) is 0 Å². The van der Waals surface area contributed by atoms with Crippen LogP contribution in [0.3, 0.4) is 0 Å². The molecule has 2 amide bonds. The van der Waals surface area contributed by atoms with Crippen molar-refractivity contribution in [2.45, 2.75) is 0 Å². The number of hydrazine groups is 1. The molecule has 25 heavy (non-hydrogen) atoms. The van der Waals surface area contributed by atoms with Crippen LogP contribution in [0.25, 0.3) is 16.9 Å². The summed E-state index contributed by atoms with van der Waals surface area (Å²) in [6.45, 7) is 0. The third-order valence-corrected chi connectivity index (χ3v) is 3.59. The highest BCUT2D eigenvalue weighted by atomic mass is 16.5. The van der Waals surface area contributed by atoms with Gasteiger partial charge in [0.1, 0.15) is 11.4 Å². The Kier molecular flexibility index (Phi) is 4.75. The molecule has 0 aliphatic rings. The van der Waals surface area contributed by atoms with Crippen LogP contribution < -0.4 is 15.6 Å². The summed E-state index contributed by atoms with van der Waals surface area (Å²) in [5.74, 6) is 0.250. The van der Waals surface area contributed by atoms with Crippen molar-refractivity contribution >= 4 is 12.3 Å². The largest absolute Gasteiger partial charge is 0.497 e. The molecule has 0 bridgehead atoms. The first-order chi connectivity index (χ1) is 12.2. The molecule has 0 unspecified atom stereocenters. The second kappa shape index (κ2) is 7.31. The first-order valence-corrected chi connectivity index (χ1v) is 7.52. The minimum absolute atomic E-state index is 0.336. The molecule has 2 aromatic carbocycles. The minimum atomic E-state index is -0.458. The number of para-hydroxylation sites is 1. The normalized spacial score (nSPS) is 10.1. The van der Waals surface area contributed by atoms with E-state index < -0.39 is 5.91 Å². The van der Waals surface area contributed by atoms with Crippen LogP contribution in [-0.4, -0.2) is 29.2 Å². The van der Waals surface area contributed by atoms with Gasteiger partial charge in [-0.2, -0.15) is 5.10 Å². The van der Waals surface area contributed by atoms with Crippen LogP contribution in [0, 0.1) is 0 Å². The lowest BCUT2D eigenvalue weighted by Crippen LogP contribution is -2.36. The van der Waals surface area contributed by atoms with Crippen LogP contribution in [0.1, 0.15) is 10.4 Å². The van der Waals surface area contributed by atoms with Crippen molar-refractivity contribution in [3.8, 4) is 22.7 Å². The van der Waals surface area contributed by atoms with Crippen LogP contribution in [0.2, 0.25) is 0 Å². The number of hydrogen-bond acceptors (Lipinski definition) is 4. The lowest BCUT2D eigenvalue weighted by Gasteiger charge is -2.04. The predicted octanol–water partition coefficient (Wildman–Crippen LogP) is 1.94. The Hall–Kier alpha value is -3.61. The molecule has 3 rings (SSSR count). The second-order valence-corrected chi connectivity index (χ2v) is 5.12. The van der Waals surface area contributed by atoms with Crippen molar-refractivity contribution in [3.63, 3.8) is 0 Å². The number of benzene rings is 2. The van der Waals surface area contributed by atoms with Crippen molar-refractivity contribution in [2.24, 2.45) is 0 Å². The molecule has 3 aromatic rings. The highest BCUT2D eigenvalue weighted by Crippen LogP contribution is 2.25. The van der Waals surface area contributed by atoms with Crippen molar-refractivity contribution < 1.29 is 14.3 Å². The molecule has 0 aliphatic heterocycles. The van der Waals surface area contributed by atoms with E-state index in [0.717, 1.165) is 11.3 Å².